The number of benzene rings is 1. The molecular formula is C22H31N5O3. The Kier molecular flexibility index (Phi) is 5.55. The number of H-pyrrole nitrogens is 1. The summed E-state index contributed by atoms with van der Waals surface area (Å²) in [5, 5.41) is 0. The molecule has 8 nitrogen and oxygen atoms in total. The maximum Gasteiger partial charge on any atom is 0.248 e. The Bertz CT molecular complexity index is 955. The third-order valence-corrected chi connectivity index (χ3v) is 6.42. The molecule has 1 N–H and O–H groups in total. The molecule has 2 fully saturated rings. The topological polar surface area (TPSA) is 81.8 Å². The van der Waals surface area contributed by atoms with Gasteiger partial charge in [-0.2, -0.15) is 0 Å². The highest BCUT2D eigenvalue weighted by Crippen LogP contribution is 2.43. The molecule has 2 saturated heterocycles. The van der Waals surface area contributed by atoms with Crippen LogP contribution in [0.25, 0.3) is 11.0 Å². The molecule has 4 rings (SSSR count). The number of nitrogens with one attached hydrogen (secondary N) is 1. The summed E-state index contributed by atoms with van der Waals surface area (Å²) >= 11 is 0. The minimum atomic E-state index is -0.0545. The van der Waals surface area contributed by atoms with Gasteiger partial charge in [-0.05, 0) is 32.6 Å². The zero-order valence-electron chi connectivity index (χ0n) is 18.3. The van der Waals surface area contributed by atoms with E-state index in [0.29, 0.717) is 25.6 Å². The van der Waals surface area contributed by atoms with Crippen LogP contribution in [0.5, 0.6) is 0 Å². The van der Waals surface area contributed by atoms with Crippen LogP contribution in [0.1, 0.15) is 18.3 Å². The zero-order chi connectivity index (χ0) is 21.5. The molecule has 2 aromatic rings. The summed E-state index contributed by atoms with van der Waals surface area (Å²) in [6, 6.07) is 6.00. The highest BCUT2D eigenvalue weighted by molar-refractivity contribution is 5.79. The summed E-state index contributed by atoms with van der Waals surface area (Å²) < 4.78 is 5.70. The summed E-state index contributed by atoms with van der Waals surface area (Å²) in [4.78, 5) is 38.5. The van der Waals surface area contributed by atoms with Crippen molar-refractivity contribution >= 4 is 22.8 Å². The summed E-state index contributed by atoms with van der Waals surface area (Å²) in [5.74, 6) is 1.16. The molecule has 2 aliphatic heterocycles. The molecule has 2 atom stereocenters. The second-order valence-electron chi connectivity index (χ2n) is 9.12. The molecule has 8 heteroatoms. The number of imidazole rings is 1. The number of fused-ring (bicyclic) bond motifs is 2. The van der Waals surface area contributed by atoms with E-state index in [1.807, 2.05) is 49.0 Å². The fraction of sp³-hybridized carbons (Fsp3) is 0.591. The Balaban J connectivity index is 1.35. The summed E-state index contributed by atoms with van der Waals surface area (Å²) in [7, 11) is 4.09. The zero-order valence-corrected chi connectivity index (χ0v) is 18.3. The number of aryl methyl sites for hydroxylation is 1. The molecule has 0 bridgehead atoms. The maximum absolute atomic E-state index is 12.8. The first-order valence-electron chi connectivity index (χ1n) is 10.5. The number of rotatable bonds is 6. The van der Waals surface area contributed by atoms with Gasteiger partial charge in [-0.1, -0.05) is 12.1 Å². The molecular weight excluding hydrogens is 382 g/mol. The quantitative estimate of drug-likeness (QED) is 0.771. The predicted octanol–water partition coefficient (Wildman–Crippen LogP) is 1.26. The Labute approximate surface area is 177 Å². The molecule has 0 unspecified atom stereocenters. The van der Waals surface area contributed by atoms with E-state index in [0.717, 1.165) is 35.5 Å². The van der Waals surface area contributed by atoms with Crippen LogP contribution in [0.15, 0.2) is 18.2 Å². The van der Waals surface area contributed by atoms with Crippen molar-refractivity contribution in [1.82, 2.24) is 24.7 Å². The molecule has 0 aliphatic carbocycles. The third kappa shape index (κ3) is 3.94. The standard InChI is InChI=1S/C22H31N5O3/c1-15-6-5-7-18-21(15)24-19(23-18)10-30-11-20(29)27-9-17-8-26(16(2)28)13-22(17,14-27)12-25(3)4/h5-7,17H,8-14H2,1-4H3,(H,23,24)/t17-,22+/m1/s1. The van der Waals surface area contributed by atoms with Gasteiger partial charge in [0, 0.05) is 51.0 Å². The van der Waals surface area contributed by atoms with Gasteiger partial charge in [0.15, 0.2) is 0 Å². The molecule has 0 radical (unpaired) electrons. The Morgan fingerprint density at radius 2 is 2.00 bits per heavy atom. The number of hydrogen-bond donors (Lipinski definition) is 1. The van der Waals surface area contributed by atoms with Gasteiger partial charge in [-0.25, -0.2) is 4.98 Å². The Hall–Kier alpha value is -2.45. The summed E-state index contributed by atoms with van der Waals surface area (Å²) in [6.07, 6.45) is 0. The first-order valence-corrected chi connectivity index (χ1v) is 10.5. The fourth-order valence-corrected chi connectivity index (χ4v) is 5.08. The lowest BCUT2D eigenvalue weighted by atomic mass is 9.80. The summed E-state index contributed by atoms with van der Waals surface area (Å²) in [5.41, 5.74) is 2.98. The normalized spacial score (nSPS) is 23.6. The third-order valence-electron chi connectivity index (χ3n) is 6.42. The van der Waals surface area contributed by atoms with Gasteiger partial charge >= 0.3 is 0 Å². The van der Waals surface area contributed by atoms with E-state index in [1.165, 1.54) is 0 Å². The minimum Gasteiger partial charge on any atom is -0.364 e. The van der Waals surface area contributed by atoms with Crippen LogP contribution in [-0.4, -0.2) is 89.9 Å². The highest BCUT2D eigenvalue weighted by Gasteiger charge is 2.54. The largest absolute Gasteiger partial charge is 0.364 e. The Morgan fingerprint density at radius 3 is 2.70 bits per heavy atom. The second-order valence-corrected chi connectivity index (χ2v) is 9.12. The van der Waals surface area contributed by atoms with E-state index in [1.54, 1.807) is 6.92 Å². The average molecular weight is 414 g/mol. The van der Waals surface area contributed by atoms with Gasteiger partial charge in [0.1, 0.15) is 19.0 Å². The number of carbonyl (C=O) groups excluding carboxylic acids is 2. The van der Waals surface area contributed by atoms with E-state index < -0.39 is 0 Å². The molecule has 162 valence electrons. The molecule has 1 aromatic carbocycles. The lowest BCUT2D eigenvalue weighted by Gasteiger charge is -2.32. The number of ether oxygens (including phenoxy) is 1. The number of nitrogens with zero attached hydrogens (tertiary/aromatic N) is 4. The second kappa shape index (κ2) is 8.00. The van der Waals surface area contributed by atoms with Crippen molar-refractivity contribution in [3.8, 4) is 0 Å². The van der Waals surface area contributed by atoms with Crippen molar-refractivity contribution in [3.63, 3.8) is 0 Å². The van der Waals surface area contributed by atoms with Crippen LogP contribution in [0, 0.1) is 18.3 Å². The van der Waals surface area contributed by atoms with Gasteiger partial charge in [-0.15, -0.1) is 0 Å². The van der Waals surface area contributed by atoms with Crippen LogP contribution in [-0.2, 0) is 20.9 Å². The van der Waals surface area contributed by atoms with Gasteiger partial charge in [0.05, 0.1) is 11.0 Å². The van der Waals surface area contributed by atoms with E-state index in [4.69, 9.17) is 4.74 Å². The van der Waals surface area contributed by atoms with Crippen LogP contribution in [0.2, 0.25) is 0 Å². The van der Waals surface area contributed by atoms with Crippen molar-refractivity contribution in [2.75, 3.05) is 53.4 Å². The summed E-state index contributed by atoms with van der Waals surface area (Å²) in [6.45, 7) is 7.63. The smallest absolute Gasteiger partial charge is 0.248 e. The molecule has 1 aromatic heterocycles. The van der Waals surface area contributed by atoms with Gasteiger partial charge in [0.25, 0.3) is 0 Å². The van der Waals surface area contributed by atoms with Crippen LogP contribution in [0.4, 0.5) is 0 Å². The lowest BCUT2D eigenvalue weighted by Crippen LogP contribution is -2.44. The van der Waals surface area contributed by atoms with Crippen molar-refractivity contribution < 1.29 is 14.3 Å². The van der Waals surface area contributed by atoms with E-state index in [9.17, 15) is 9.59 Å². The number of para-hydroxylation sites is 1. The molecule has 2 amide bonds. The number of aromatic amines is 1. The first kappa shape index (κ1) is 20.8. The number of aromatic nitrogens is 2. The van der Waals surface area contributed by atoms with Crippen molar-refractivity contribution in [2.24, 2.45) is 11.3 Å². The van der Waals surface area contributed by atoms with E-state index >= 15 is 0 Å². The predicted molar refractivity (Wildman–Crippen MR) is 114 cm³/mol. The molecule has 3 heterocycles. The SMILES string of the molecule is CC(=O)N1C[C@@H]2CN(C(=O)COCc3nc4c(C)cccc4[nH]3)C[C@]2(CN(C)C)C1. The van der Waals surface area contributed by atoms with Crippen molar-refractivity contribution in [1.29, 1.82) is 0 Å². The van der Waals surface area contributed by atoms with Gasteiger partial charge < -0.3 is 24.4 Å². The highest BCUT2D eigenvalue weighted by atomic mass is 16.5. The van der Waals surface area contributed by atoms with Gasteiger partial charge in [-0.3, -0.25) is 9.59 Å². The van der Waals surface area contributed by atoms with E-state index in [-0.39, 0.29) is 30.4 Å². The lowest BCUT2D eigenvalue weighted by molar-refractivity contribution is -0.136. The monoisotopic (exact) mass is 413 g/mol. The molecule has 0 spiro atoms. The first-order chi connectivity index (χ1) is 14.3. The molecule has 30 heavy (non-hydrogen) atoms. The Morgan fingerprint density at radius 1 is 1.27 bits per heavy atom. The number of amides is 2. The average Bonchev–Trinajstić information content (AvgIpc) is 3.31. The number of likely N-dealkylation sites (tertiary alicyclic amines) is 2. The molecule has 0 saturated carbocycles. The van der Waals surface area contributed by atoms with Gasteiger partial charge in [0.2, 0.25) is 11.8 Å². The fourth-order valence-electron chi connectivity index (χ4n) is 5.08. The van der Waals surface area contributed by atoms with Crippen LogP contribution in [0.3, 0.4) is 0 Å². The van der Waals surface area contributed by atoms with Crippen molar-refractivity contribution in [3.05, 3.63) is 29.6 Å². The maximum atomic E-state index is 12.8. The minimum absolute atomic E-state index is 0.00389. The van der Waals surface area contributed by atoms with Crippen LogP contribution >= 0.6 is 0 Å². The van der Waals surface area contributed by atoms with Crippen molar-refractivity contribution in [2.45, 2.75) is 20.5 Å². The van der Waals surface area contributed by atoms with E-state index in [2.05, 4.69) is 14.9 Å². The number of hydrogen-bond acceptors (Lipinski definition) is 5. The van der Waals surface area contributed by atoms with Crippen LogP contribution < -0.4 is 0 Å². The molecule has 2 aliphatic rings. The number of carbonyl (C=O) groups is 2.